The van der Waals surface area contributed by atoms with E-state index >= 15 is 0 Å². The number of hydrogen-bond donors (Lipinski definition) is 0. The molecular weight excluding hydrogens is 320 g/mol. The van der Waals surface area contributed by atoms with E-state index in [4.69, 9.17) is 0 Å². The predicted molar refractivity (Wildman–Crippen MR) is 92.9 cm³/mol. The van der Waals surface area contributed by atoms with Crippen LogP contribution < -0.4 is 0 Å². The standard InChI is InChI=1S/C17H28N6O2/c1-13-18-14(2)23(19-13)11-16-5-4-6-22(16)12-17(25)21-9-7-20(8-10-21)15(3)24/h16H,4-12H2,1-3H3/t16-/m1/s1. The van der Waals surface area contributed by atoms with Gasteiger partial charge in [0.05, 0.1) is 13.1 Å². The molecule has 3 heterocycles. The maximum Gasteiger partial charge on any atom is 0.236 e. The van der Waals surface area contributed by atoms with Crippen LogP contribution in [-0.4, -0.2) is 86.6 Å². The Morgan fingerprint density at radius 2 is 1.76 bits per heavy atom. The zero-order valence-corrected chi connectivity index (χ0v) is 15.4. The molecule has 3 rings (SSSR count). The number of amides is 2. The van der Waals surface area contributed by atoms with Gasteiger partial charge in [-0.15, -0.1) is 0 Å². The first kappa shape index (κ1) is 17.8. The fourth-order valence-electron chi connectivity index (χ4n) is 3.79. The molecule has 0 aromatic carbocycles. The number of hydrogen-bond acceptors (Lipinski definition) is 5. The lowest BCUT2D eigenvalue weighted by molar-refractivity contribution is -0.139. The van der Waals surface area contributed by atoms with Crippen LogP contribution >= 0.6 is 0 Å². The minimum absolute atomic E-state index is 0.0881. The second-order valence-electron chi connectivity index (χ2n) is 7.04. The Morgan fingerprint density at radius 1 is 1.08 bits per heavy atom. The Kier molecular flexibility index (Phi) is 5.36. The van der Waals surface area contributed by atoms with E-state index in [2.05, 4.69) is 15.0 Å². The fraction of sp³-hybridized carbons (Fsp3) is 0.765. The molecule has 0 unspecified atom stereocenters. The molecule has 25 heavy (non-hydrogen) atoms. The number of piperazine rings is 1. The van der Waals surface area contributed by atoms with E-state index in [1.54, 1.807) is 11.8 Å². The minimum Gasteiger partial charge on any atom is -0.339 e. The summed E-state index contributed by atoms with van der Waals surface area (Å²) in [5.41, 5.74) is 0. The van der Waals surface area contributed by atoms with Crippen molar-refractivity contribution in [2.75, 3.05) is 39.3 Å². The summed E-state index contributed by atoms with van der Waals surface area (Å²) in [5, 5.41) is 4.45. The molecule has 0 aliphatic carbocycles. The Balaban J connectivity index is 1.54. The molecule has 1 aromatic rings. The molecule has 138 valence electrons. The number of rotatable bonds is 4. The Hall–Kier alpha value is -1.96. The lowest BCUT2D eigenvalue weighted by atomic mass is 10.2. The molecule has 0 bridgehead atoms. The van der Waals surface area contributed by atoms with Crippen LogP contribution in [0.15, 0.2) is 0 Å². The van der Waals surface area contributed by atoms with Crippen LogP contribution in [0.5, 0.6) is 0 Å². The molecule has 2 saturated heterocycles. The Labute approximate surface area is 148 Å². The Morgan fingerprint density at radius 3 is 2.36 bits per heavy atom. The van der Waals surface area contributed by atoms with Crippen molar-refractivity contribution in [3.8, 4) is 0 Å². The highest BCUT2D eigenvalue weighted by atomic mass is 16.2. The zero-order valence-electron chi connectivity index (χ0n) is 15.4. The first-order valence-corrected chi connectivity index (χ1v) is 9.09. The van der Waals surface area contributed by atoms with Gasteiger partial charge in [0.25, 0.3) is 0 Å². The van der Waals surface area contributed by atoms with Crippen molar-refractivity contribution in [1.82, 2.24) is 29.5 Å². The third kappa shape index (κ3) is 4.18. The quantitative estimate of drug-likeness (QED) is 0.769. The van der Waals surface area contributed by atoms with Crippen molar-refractivity contribution in [3.63, 3.8) is 0 Å². The van der Waals surface area contributed by atoms with Gasteiger partial charge in [-0.3, -0.25) is 14.5 Å². The van der Waals surface area contributed by atoms with Crippen molar-refractivity contribution in [2.45, 2.75) is 46.2 Å². The van der Waals surface area contributed by atoms with Gasteiger partial charge < -0.3 is 9.80 Å². The highest BCUT2D eigenvalue weighted by Crippen LogP contribution is 2.19. The monoisotopic (exact) mass is 348 g/mol. The second kappa shape index (κ2) is 7.51. The minimum atomic E-state index is 0.0881. The lowest BCUT2D eigenvalue weighted by Gasteiger charge is -2.35. The molecule has 0 N–H and O–H groups in total. The van der Waals surface area contributed by atoms with E-state index in [1.165, 1.54) is 0 Å². The van der Waals surface area contributed by atoms with Crippen LogP contribution in [0, 0.1) is 13.8 Å². The van der Waals surface area contributed by atoms with Gasteiger partial charge in [0.15, 0.2) is 0 Å². The van der Waals surface area contributed by atoms with Gasteiger partial charge in [0.2, 0.25) is 11.8 Å². The van der Waals surface area contributed by atoms with Gasteiger partial charge in [-0.2, -0.15) is 5.10 Å². The molecule has 2 fully saturated rings. The molecule has 1 aromatic heterocycles. The van der Waals surface area contributed by atoms with Crippen LogP contribution in [0.1, 0.15) is 31.4 Å². The molecule has 0 spiro atoms. The van der Waals surface area contributed by atoms with Crippen LogP contribution in [0.4, 0.5) is 0 Å². The average Bonchev–Trinajstić information content (AvgIpc) is 3.14. The van der Waals surface area contributed by atoms with E-state index in [-0.39, 0.29) is 11.8 Å². The maximum absolute atomic E-state index is 12.6. The van der Waals surface area contributed by atoms with Crippen molar-refractivity contribution >= 4 is 11.8 Å². The summed E-state index contributed by atoms with van der Waals surface area (Å²) in [6.07, 6.45) is 2.20. The van der Waals surface area contributed by atoms with Gasteiger partial charge >= 0.3 is 0 Å². The molecular formula is C17H28N6O2. The van der Waals surface area contributed by atoms with E-state index in [0.717, 1.165) is 37.6 Å². The normalized spacial score (nSPS) is 21.8. The molecule has 2 amide bonds. The third-order valence-corrected chi connectivity index (χ3v) is 5.26. The maximum atomic E-state index is 12.6. The van der Waals surface area contributed by atoms with Gasteiger partial charge in [0, 0.05) is 39.1 Å². The highest BCUT2D eigenvalue weighted by molar-refractivity contribution is 5.79. The number of aryl methyl sites for hydroxylation is 2. The number of aromatic nitrogens is 3. The lowest BCUT2D eigenvalue weighted by Crippen LogP contribution is -2.52. The molecule has 8 heteroatoms. The fourth-order valence-corrected chi connectivity index (χ4v) is 3.79. The number of nitrogens with zero attached hydrogens (tertiary/aromatic N) is 6. The first-order chi connectivity index (χ1) is 11.9. The van der Waals surface area contributed by atoms with Gasteiger partial charge in [0.1, 0.15) is 11.6 Å². The van der Waals surface area contributed by atoms with Crippen LogP contribution in [0.3, 0.4) is 0 Å². The molecule has 8 nitrogen and oxygen atoms in total. The zero-order chi connectivity index (χ0) is 18.0. The summed E-state index contributed by atoms with van der Waals surface area (Å²) in [7, 11) is 0. The predicted octanol–water partition coefficient (Wildman–Crippen LogP) is 0.0500. The number of likely N-dealkylation sites (tertiary alicyclic amines) is 1. The van der Waals surface area contributed by atoms with Crippen molar-refractivity contribution in [2.24, 2.45) is 0 Å². The summed E-state index contributed by atoms with van der Waals surface area (Å²) in [4.78, 5) is 34.4. The van der Waals surface area contributed by atoms with E-state index in [0.29, 0.717) is 38.8 Å². The van der Waals surface area contributed by atoms with Crippen LogP contribution in [0.2, 0.25) is 0 Å². The number of carbonyl (C=O) groups is 2. The molecule has 2 aliphatic rings. The molecule has 0 radical (unpaired) electrons. The third-order valence-electron chi connectivity index (χ3n) is 5.26. The summed E-state index contributed by atoms with van der Waals surface area (Å²) >= 11 is 0. The van der Waals surface area contributed by atoms with Crippen LogP contribution in [0.25, 0.3) is 0 Å². The van der Waals surface area contributed by atoms with Gasteiger partial charge in [-0.05, 0) is 33.2 Å². The summed E-state index contributed by atoms with van der Waals surface area (Å²) in [6, 6.07) is 0.335. The molecule has 2 aliphatic heterocycles. The smallest absolute Gasteiger partial charge is 0.236 e. The van der Waals surface area contributed by atoms with Gasteiger partial charge in [-0.25, -0.2) is 9.67 Å². The average molecular weight is 348 g/mol. The largest absolute Gasteiger partial charge is 0.339 e. The van der Waals surface area contributed by atoms with E-state index in [9.17, 15) is 9.59 Å². The summed E-state index contributed by atoms with van der Waals surface area (Å²) < 4.78 is 1.95. The van der Waals surface area contributed by atoms with Crippen molar-refractivity contribution in [1.29, 1.82) is 0 Å². The topological polar surface area (TPSA) is 74.6 Å². The second-order valence-corrected chi connectivity index (χ2v) is 7.04. The van der Waals surface area contributed by atoms with E-state index in [1.807, 2.05) is 23.4 Å². The van der Waals surface area contributed by atoms with Gasteiger partial charge in [-0.1, -0.05) is 0 Å². The summed E-state index contributed by atoms with van der Waals surface area (Å²) in [6.45, 7) is 10.2. The highest BCUT2D eigenvalue weighted by Gasteiger charge is 2.30. The molecule has 1 atom stereocenters. The SMILES string of the molecule is CC(=O)N1CCN(C(=O)CN2CCC[C@@H]2Cn2nc(C)nc2C)CC1. The number of carbonyl (C=O) groups excluding carboxylic acids is 2. The van der Waals surface area contributed by atoms with Crippen molar-refractivity contribution < 1.29 is 9.59 Å². The summed E-state index contributed by atoms with van der Waals surface area (Å²) in [5.74, 6) is 1.98. The molecule has 0 saturated carbocycles. The van der Waals surface area contributed by atoms with Crippen molar-refractivity contribution in [3.05, 3.63) is 11.6 Å². The van der Waals surface area contributed by atoms with E-state index < -0.39 is 0 Å². The first-order valence-electron chi connectivity index (χ1n) is 9.09. The Bertz CT molecular complexity index is 635. The van der Waals surface area contributed by atoms with Crippen LogP contribution in [-0.2, 0) is 16.1 Å².